The molecule has 106 valence electrons. The molecule has 1 aromatic heterocycles. The van der Waals surface area contributed by atoms with Crippen LogP contribution in [-0.2, 0) is 23.0 Å². The SMILES string of the molecule is COCCNC(=O)CNC1CCCc2c1cnn2C. The molecule has 0 radical (unpaired) electrons. The van der Waals surface area contributed by atoms with Crippen molar-refractivity contribution in [3.8, 4) is 0 Å². The minimum atomic E-state index is 0.00747. The van der Waals surface area contributed by atoms with E-state index in [-0.39, 0.29) is 11.9 Å². The van der Waals surface area contributed by atoms with Crippen molar-refractivity contribution in [1.29, 1.82) is 0 Å². The minimum absolute atomic E-state index is 0.00747. The molecule has 0 saturated carbocycles. The molecule has 1 aromatic rings. The third-order valence-electron chi connectivity index (χ3n) is 3.51. The predicted octanol–water partition coefficient (Wildman–Crippen LogP) is 0.150. The van der Waals surface area contributed by atoms with Gasteiger partial charge in [-0.05, 0) is 19.3 Å². The molecule has 1 aliphatic rings. The summed E-state index contributed by atoms with van der Waals surface area (Å²) in [5, 5.41) is 10.4. The molecule has 0 bridgehead atoms. The molecule has 0 saturated heterocycles. The number of methoxy groups -OCH3 is 1. The molecule has 19 heavy (non-hydrogen) atoms. The minimum Gasteiger partial charge on any atom is -0.383 e. The van der Waals surface area contributed by atoms with Gasteiger partial charge >= 0.3 is 0 Å². The topological polar surface area (TPSA) is 68.2 Å². The number of nitrogens with one attached hydrogen (secondary N) is 2. The van der Waals surface area contributed by atoms with Gasteiger partial charge < -0.3 is 15.4 Å². The van der Waals surface area contributed by atoms with Gasteiger partial charge in [0.15, 0.2) is 0 Å². The first kappa shape index (κ1) is 14.0. The zero-order chi connectivity index (χ0) is 13.7. The van der Waals surface area contributed by atoms with E-state index in [4.69, 9.17) is 4.74 Å². The first-order valence-electron chi connectivity index (χ1n) is 6.72. The Hall–Kier alpha value is -1.40. The highest BCUT2D eigenvalue weighted by Crippen LogP contribution is 2.28. The maximum absolute atomic E-state index is 11.6. The van der Waals surface area contributed by atoms with Crippen molar-refractivity contribution in [3.05, 3.63) is 17.5 Å². The van der Waals surface area contributed by atoms with Crippen LogP contribution in [0.1, 0.15) is 30.1 Å². The summed E-state index contributed by atoms with van der Waals surface area (Å²) in [6.45, 7) is 1.43. The van der Waals surface area contributed by atoms with E-state index in [2.05, 4.69) is 15.7 Å². The third kappa shape index (κ3) is 3.54. The Morgan fingerprint density at radius 3 is 3.26 bits per heavy atom. The fraction of sp³-hybridized carbons (Fsp3) is 0.692. The highest BCUT2D eigenvalue weighted by atomic mass is 16.5. The van der Waals surface area contributed by atoms with Gasteiger partial charge in [0.1, 0.15) is 0 Å². The van der Waals surface area contributed by atoms with Crippen LogP contribution >= 0.6 is 0 Å². The summed E-state index contributed by atoms with van der Waals surface area (Å²) in [6, 6.07) is 0.241. The van der Waals surface area contributed by atoms with Crippen LogP contribution in [0.25, 0.3) is 0 Å². The average molecular weight is 266 g/mol. The standard InChI is InChI=1S/C13H22N4O2/c1-17-12-5-3-4-11(10(12)8-16-17)15-9-13(18)14-6-7-19-2/h8,11,15H,3-7,9H2,1-2H3,(H,14,18). The molecule has 6 nitrogen and oxygen atoms in total. The number of rotatable bonds is 6. The number of carbonyl (C=O) groups is 1. The van der Waals surface area contributed by atoms with Crippen molar-refractivity contribution in [3.63, 3.8) is 0 Å². The Bertz CT molecular complexity index is 430. The molecule has 6 heteroatoms. The van der Waals surface area contributed by atoms with Crippen molar-refractivity contribution >= 4 is 5.91 Å². The fourth-order valence-corrected chi connectivity index (χ4v) is 2.49. The van der Waals surface area contributed by atoms with E-state index in [9.17, 15) is 4.79 Å². The molecule has 1 unspecified atom stereocenters. The van der Waals surface area contributed by atoms with E-state index in [1.165, 1.54) is 11.3 Å². The van der Waals surface area contributed by atoms with E-state index in [0.29, 0.717) is 19.7 Å². The van der Waals surface area contributed by atoms with Crippen LogP contribution < -0.4 is 10.6 Å². The Labute approximate surface area is 113 Å². The summed E-state index contributed by atoms with van der Waals surface area (Å²) in [7, 11) is 3.59. The van der Waals surface area contributed by atoms with Crippen LogP contribution in [0.15, 0.2) is 6.20 Å². The monoisotopic (exact) mass is 266 g/mol. The molecule has 1 amide bonds. The second-order valence-electron chi connectivity index (χ2n) is 4.84. The van der Waals surface area contributed by atoms with Crippen LogP contribution in [0.2, 0.25) is 0 Å². The van der Waals surface area contributed by atoms with Crippen LogP contribution in [0.3, 0.4) is 0 Å². The van der Waals surface area contributed by atoms with Gasteiger partial charge in [-0.15, -0.1) is 0 Å². The van der Waals surface area contributed by atoms with Crippen molar-refractivity contribution in [2.24, 2.45) is 7.05 Å². The first-order valence-corrected chi connectivity index (χ1v) is 6.72. The summed E-state index contributed by atoms with van der Waals surface area (Å²) < 4.78 is 6.82. The maximum Gasteiger partial charge on any atom is 0.234 e. The Balaban J connectivity index is 1.82. The summed E-state index contributed by atoms with van der Waals surface area (Å²) >= 11 is 0. The molecule has 0 aliphatic heterocycles. The van der Waals surface area contributed by atoms with Crippen molar-refractivity contribution in [1.82, 2.24) is 20.4 Å². The number of aromatic nitrogens is 2. The summed E-state index contributed by atoms with van der Waals surface area (Å²) in [6.07, 6.45) is 5.18. The van der Waals surface area contributed by atoms with Crippen LogP contribution in [-0.4, -0.2) is 42.5 Å². The molecule has 0 spiro atoms. The van der Waals surface area contributed by atoms with E-state index in [0.717, 1.165) is 19.3 Å². The Morgan fingerprint density at radius 1 is 1.63 bits per heavy atom. The van der Waals surface area contributed by atoms with Crippen LogP contribution in [0, 0.1) is 0 Å². The molecular formula is C13H22N4O2. The Morgan fingerprint density at radius 2 is 2.47 bits per heavy atom. The second kappa shape index (κ2) is 6.68. The van der Waals surface area contributed by atoms with Gasteiger partial charge in [-0.3, -0.25) is 9.48 Å². The van der Waals surface area contributed by atoms with Crippen LogP contribution in [0.4, 0.5) is 0 Å². The van der Waals surface area contributed by atoms with Gasteiger partial charge in [0.2, 0.25) is 5.91 Å². The molecular weight excluding hydrogens is 244 g/mol. The molecule has 2 N–H and O–H groups in total. The normalized spacial score (nSPS) is 18.1. The highest BCUT2D eigenvalue weighted by molar-refractivity contribution is 5.78. The summed E-state index contributed by atoms with van der Waals surface area (Å²) in [4.78, 5) is 11.6. The molecule has 1 heterocycles. The van der Waals surface area contributed by atoms with Crippen LogP contribution in [0.5, 0.6) is 0 Å². The smallest absolute Gasteiger partial charge is 0.234 e. The van der Waals surface area contributed by atoms with Gasteiger partial charge in [0.05, 0.1) is 19.3 Å². The number of hydrogen-bond acceptors (Lipinski definition) is 4. The maximum atomic E-state index is 11.6. The van der Waals surface area contributed by atoms with Gasteiger partial charge in [0, 0.05) is 38.0 Å². The van der Waals surface area contributed by atoms with Gasteiger partial charge in [0.25, 0.3) is 0 Å². The zero-order valence-electron chi connectivity index (χ0n) is 11.6. The lowest BCUT2D eigenvalue weighted by atomic mass is 9.93. The lowest BCUT2D eigenvalue weighted by Gasteiger charge is -2.23. The van der Waals surface area contributed by atoms with Crippen molar-refractivity contribution in [2.75, 3.05) is 26.8 Å². The number of aryl methyl sites for hydroxylation is 1. The zero-order valence-corrected chi connectivity index (χ0v) is 11.6. The highest BCUT2D eigenvalue weighted by Gasteiger charge is 2.23. The molecule has 0 aromatic carbocycles. The van der Waals surface area contributed by atoms with Crippen molar-refractivity contribution in [2.45, 2.75) is 25.3 Å². The average Bonchev–Trinajstić information content (AvgIpc) is 2.79. The largest absolute Gasteiger partial charge is 0.383 e. The molecule has 2 rings (SSSR count). The van der Waals surface area contributed by atoms with E-state index < -0.39 is 0 Å². The van der Waals surface area contributed by atoms with Crippen molar-refractivity contribution < 1.29 is 9.53 Å². The lowest BCUT2D eigenvalue weighted by molar-refractivity contribution is -0.120. The molecule has 0 fully saturated rings. The summed E-state index contributed by atoms with van der Waals surface area (Å²) in [5.41, 5.74) is 2.52. The number of carbonyl (C=O) groups excluding carboxylic acids is 1. The number of nitrogens with zero attached hydrogens (tertiary/aromatic N) is 2. The van der Waals surface area contributed by atoms with E-state index in [1.54, 1.807) is 7.11 Å². The first-order chi connectivity index (χ1) is 9.22. The Kier molecular flexibility index (Phi) is 4.93. The van der Waals surface area contributed by atoms with E-state index in [1.807, 2.05) is 17.9 Å². The van der Waals surface area contributed by atoms with Gasteiger partial charge in [-0.25, -0.2) is 0 Å². The fourth-order valence-electron chi connectivity index (χ4n) is 2.49. The number of amides is 1. The number of ether oxygens (including phenoxy) is 1. The van der Waals surface area contributed by atoms with Gasteiger partial charge in [-0.2, -0.15) is 5.10 Å². The van der Waals surface area contributed by atoms with Gasteiger partial charge in [-0.1, -0.05) is 0 Å². The molecule has 1 atom stereocenters. The van der Waals surface area contributed by atoms with E-state index >= 15 is 0 Å². The number of fused-ring (bicyclic) bond motifs is 1. The lowest BCUT2D eigenvalue weighted by Crippen LogP contribution is -2.37. The predicted molar refractivity (Wildman–Crippen MR) is 71.8 cm³/mol. The number of hydrogen-bond donors (Lipinski definition) is 2. The summed E-state index contributed by atoms with van der Waals surface area (Å²) in [5.74, 6) is 0.00747. The second-order valence-corrected chi connectivity index (χ2v) is 4.84. The third-order valence-corrected chi connectivity index (χ3v) is 3.51. The molecule has 1 aliphatic carbocycles. The quantitative estimate of drug-likeness (QED) is 0.719.